The molecule has 0 radical (unpaired) electrons. The molecular weight excluding hydrogens is 396 g/mol. The van der Waals surface area contributed by atoms with Gasteiger partial charge in [-0.05, 0) is 17.7 Å². The lowest BCUT2D eigenvalue weighted by Crippen LogP contribution is -2.43. The van der Waals surface area contributed by atoms with Gasteiger partial charge in [-0.25, -0.2) is 4.79 Å². The van der Waals surface area contributed by atoms with Crippen LogP contribution < -0.4 is 5.32 Å². The number of furan rings is 1. The van der Waals surface area contributed by atoms with Gasteiger partial charge in [0.2, 0.25) is 0 Å². The van der Waals surface area contributed by atoms with Gasteiger partial charge in [0.1, 0.15) is 11.7 Å². The summed E-state index contributed by atoms with van der Waals surface area (Å²) in [5.41, 5.74) is 2.44. The summed E-state index contributed by atoms with van der Waals surface area (Å²) < 4.78 is 15.8. The van der Waals surface area contributed by atoms with Gasteiger partial charge in [-0.3, -0.25) is 4.79 Å². The molecule has 2 aromatic heterocycles. The van der Waals surface area contributed by atoms with Crippen molar-refractivity contribution in [2.45, 2.75) is 19.1 Å². The summed E-state index contributed by atoms with van der Waals surface area (Å²) in [6.07, 6.45) is 1.67. The van der Waals surface area contributed by atoms with E-state index in [1.807, 2.05) is 60.7 Å². The van der Waals surface area contributed by atoms with E-state index in [4.69, 9.17) is 13.7 Å². The number of aromatic nitrogens is 1. The van der Waals surface area contributed by atoms with Crippen LogP contribution in [0.15, 0.2) is 94.1 Å². The molecule has 7 heteroatoms. The minimum Gasteiger partial charge on any atom is -0.459 e. The lowest BCUT2D eigenvalue weighted by molar-refractivity contribution is -0.147. The van der Waals surface area contributed by atoms with Crippen molar-refractivity contribution in [3.05, 3.63) is 102 Å². The topological polar surface area (TPSA) is 94.6 Å². The predicted molar refractivity (Wildman–Crippen MR) is 112 cm³/mol. The van der Waals surface area contributed by atoms with Crippen molar-refractivity contribution in [2.24, 2.45) is 0 Å². The first-order valence-electron chi connectivity index (χ1n) is 9.75. The van der Waals surface area contributed by atoms with E-state index in [1.54, 1.807) is 12.1 Å². The molecule has 4 aromatic rings. The Labute approximate surface area is 178 Å². The molecule has 0 aliphatic carbocycles. The van der Waals surface area contributed by atoms with E-state index in [9.17, 15) is 9.59 Å². The molecule has 2 heterocycles. The molecule has 0 saturated carbocycles. The minimum atomic E-state index is -0.892. The summed E-state index contributed by atoms with van der Waals surface area (Å²) in [5.74, 6) is -0.549. The Hall–Kier alpha value is -4.13. The summed E-state index contributed by atoms with van der Waals surface area (Å²) >= 11 is 0. The summed E-state index contributed by atoms with van der Waals surface area (Å²) in [5, 5.41) is 6.69. The van der Waals surface area contributed by atoms with Crippen molar-refractivity contribution in [3.8, 4) is 11.3 Å². The first kappa shape index (κ1) is 20.2. The highest BCUT2D eigenvalue weighted by Crippen LogP contribution is 2.19. The monoisotopic (exact) mass is 416 g/mol. The van der Waals surface area contributed by atoms with Crippen molar-refractivity contribution < 1.29 is 23.3 Å². The number of hydrogen-bond acceptors (Lipinski definition) is 6. The van der Waals surface area contributed by atoms with E-state index >= 15 is 0 Å². The van der Waals surface area contributed by atoms with Crippen molar-refractivity contribution in [1.82, 2.24) is 10.5 Å². The molecule has 0 spiro atoms. The molecule has 4 rings (SSSR count). The van der Waals surface area contributed by atoms with Crippen LogP contribution in [0.2, 0.25) is 0 Å². The third-order valence-electron chi connectivity index (χ3n) is 4.60. The second-order valence-corrected chi connectivity index (χ2v) is 6.85. The zero-order valence-electron chi connectivity index (χ0n) is 16.6. The highest BCUT2D eigenvalue weighted by molar-refractivity contribution is 5.94. The van der Waals surface area contributed by atoms with Gasteiger partial charge >= 0.3 is 5.97 Å². The van der Waals surface area contributed by atoms with Crippen LogP contribution in [0.3, 0.4) is 0 Å². The Kier molecular flexibility index (Phi) is 6.23. The number of nitrogens with one attached hydrogen (secondary N) is 1. The fraction of sp³-hybridized carbons (Fsp3) is 0.125. The quantitative estimate of drug-likeness (QED) is 0.436. The van der Waals surface area contributed by atoms with Gasteiger partial charge in [-0.2, -0.15) is 0 Å². The number of nitrogens with zero attached hydrogens (tertiary/aromatic N) is 1. The smallest absolute Gasteiger partial charge is 0.329 e. The Balaban J connectivity index is 1.42. The van der Waals surface area contributed by atoms with Gasteiger partial charge < -0.3 is 19.0 Å². The van der Waals surface area contributed by atoms with Crippen LogP contribution in [0.1, 0.15) is 21.9 Å². The predicted octanol–water partition coefficient (Wildman–Crippen LogP) is 4.02. The fourth-order valence-electron chi connectivity index (χ4n) is 3.05. The van der Waals surface area contributed by atoms with E-state index in [1.165, 1.54) is 12.3 Å². The lowest BCUT2D eigenvalue weighted by atomic mass is 10.1. The van der Waals surface area contributed by atoms with E-state index < -0.39 is 17.9 Å². The highest BCUT2D eigenvalue weighted by atomic mass is 16.6. The molecular formula is C24H20N2O5. The number of carbonyl (C=O) groups is 2. The largest absolute Gasteiger partial charge is 0.459 e. The number of ether oxygens (including phenoxy) is 1. The van der Waals surface area contributed by atoms with Gasteiger partial charge in [-0.15, -0.1) is 0 Å². The molecule has 31 heavy (non-hydrogen) atoms. The molecule has 156 valence electrons. The van der Waals surface area contributed by atoms with E-state index in [-0.39, 0.29) is 18.8 Å². The molecule has 0 fully saturated rings. The normalized spacial score (nSPS) is 11.6. The molecule has 7 nitrogen and oxygen atoms in total. The third-order valence-corrected chi connectivity index (χ3v) is 4.60. The molecule has 1 atom stereocenters. The Bertz CT molecular complexity index is 1120. The second kappa shape index (κ2) is 9.58. The van der Waals surface area contributed by atoms with Crippen LogP contribution >= 0.6 is 0 Å². The fourth-order valence-corrected chi connectivity index (χ4v) is 3.05. The molecule has 2 aromatic carbocycles. The molecule has 0 aliphatic heterocycles. The molecule has 0 saturated heterocycles. The molecule has 0 bridgehead atoms. The van der Waals surface area contributed by atoms with Crippen LogP contribution in [0.4, 0.5) is 0 Å². The molecule has 0 aliphatic rings. The molecule has 1 amide bonds. The average molecular weight is 416 g/mol. The Morgan fingerprint density at radius 3 is 2.42 bits per heavy atom. The lowest BCUT2D eigenvalue weighted by Gasteiger charge is -2.17. The van der Waals surface area contributed by atoms with Crippen LogP contribution in [0, 0.1) is 0 Å². The minimum absolute atomic E-state index is 0.0966. The molecule has 0 unspecified atom stereocenters. The van der Waals surface area contributed by atoms with Gasteiger partial charge in [-0.1, -0.05) is 65.8 Å². The number of amides is 1. The Morgan fingerprint density at radius 2 is 1.71 bits per heavy atom. The maximum Gasteiger partial charge on any atom is 0.329 e. The second-order valence-electron chi connectivity index (χ2n) is 6.85. The van der Waals surface area contributed by atoms with Crippen molar-refractivity contribution in [3.63, 3.8) is 0 Å². The van der Waals surface area contributed by atoms with Gasteiger partial charge in [0.15, 0.2) is 18.1 Å². The number of hydrogen-bond donors (Lipinski definition) is 1. The van der Waals surface area contributed by atoms with E-state index in [0.29, 0.717) is 11.5 Å². The third kappa shape index (κ3) is 5.27. The summed E-state index contributed by atoms with van der Waals surface area (Å²) in [6.45, 7) is -0.0966. The number of benzene rings is 2. The maximum atomic E-state index is 12.8. The first-order valence-corrected chi connectivity index (χ1v) is 9.75. The number of carbonyl (C=O) groups excluding carboxylic acids is 2. The summed E-state index contributed by atoms with van der Waals surface area (Å²) in [7, 11) is 0. The number of esters is 1. The van der Waals surface area contributed by atoms with Crippen LogP contribution in [-0.2, 0) is 22.6 Å². The van der Waals surface area contributed by atoms with Crippen molar-refractivity contribution >= 4 is 11.9 Å². The van der Waals surface area contributed by atoms with E-state index in [0.717, 1.165) is 11.1 Å². The van der Waals surface area contributed by atoms with Crippen LogP contribution in [0.5, 0.6) is 0 Å². The average Bonchev–Trinajstić information content (AvgIpc) is 3.51. The first-order chi connectivity index (χ1) is 15.2. The van der Waals surface area contributed by atoms with Crippen LogP contribution in [-0.4, -0.2) is 23.1 Å². The Morgan fingerprint density at radius 1 is 0.968 bits per heavy atom. The highest BCUT2D eigenvalue weighted by Gasteiger charge is 2.25. The van der Waals surface area contributed by atoms with Crippen molar-refractivity contribution in [1.29, 1.82) is 0 Å². The maximum absolute atomic E-state index is 12.8. The molecule has 1 N–H and O–H groups in total. The van der Waals surface area contributed by atoms with Gasteiger partial charge in [0.25, 0.3) is 5.91 Å². The zero-order chi connectivity index (χ0) is 21.5. The van der Waals surface area contributed by atoms with Crippen LogP contribution in [0.25, 0.3) is 11.3 Å². The van der Waals surface area contributed by atoms with Gasteiger partial charge in [0, 0.05) is 18.1 Å². The van der Waals surface area contributed by atoms with Crippen molar-refractivity contribution in [2.75, 3.05) is 0 Å². The number of rotatable bonds is 8. The summed E-state index contributed by atoms with van der Waals surface area (Å²) in [4.78, 5) is 25.2. The standard InChI is InChI=1S/C24H20N2O5/c27-23(22-12-7-13-29-22)25-21(14-17-8-3-1-4-9-17)24(28)30-16-19-15-20(26-31-19)18-10-5-2-6-11-18/h1-13,15,21H,14,16H2,(H,25,27)/t21-/m0/s1. The zero-order valence-corrected chi connectivity index (χ0v) is 16.6. The van der Waals surface area contributed by atoms with E-state index in [2.05, 4.69) is 10.5 Å². The summed E-state index contributed by atoms with van der Waals surface area (Å²) in [6, 6.07) is 22.9. The van der Waals surface area contributed by atoms with Gasteiger partial charge in [0.05, 0.1) is 6.26 Å². The SMILES string of the molecule is O=C(N[C@@H](Cc1ccccc1)C(=O)OCc1cc(-c2ccccc2)no1)c1ccco1.